The maximum Gasteiger partial charge on any atom is 0.262 e. The number of nitrogens with zero attached hydrogens (tertiary/aromatic N) is 3. The fourth-order valence-electron chi connectivity index (χ4n) is 3.56. The monoisotopic (exact) mass is 478 g/mol. The number of carbonyl (C=O) groups is 1. The van der Waals surface area contributed by atoms with E-state index in [1.807, 2.05) is 46.5 Å². The van der Waals surface area contributed by atoms with E-state index >= 15 is 0 Å². The molecule has 0 saturated carbocycles. The van der Waals surface area contributed by atoms with E-state index in [0.29, 0.717) is 35.9 Å². The number of fused-ring (bicyclic) bond motifs is 1. The Balaban J connectivity index is 1.84. The Hall–Kier alpha value is -3.85. The third-order valence-electron chi connectivity index (χ3n) is 5.22. The predicted octanol–water partition coefficient (Wildman–Crippen LogP) is 4.31. The molecular weight excluding hydrogens is 452 g/mol. The minimum atomic E-state index is -0.177. The van der Waals surface area contributed by atoms with Crippen molar-refractivity contribution in [2.45, 2.75) is 13.3 Å². The Morgan fingerprint density at radius 1 is 1.24 bits per heavy atom. The van der Waals surface area contributed by atoms with Gasteiger partial charge in [-0.2, -0.15) is 5.10 Å². The molecule has 0 atom stereocenters. The molecule has 0 unspecified atom stereocenters. The quantitative estimate of drug-likeness (QED) is 0.386. The Morgan fingerprint density at radius 2 is 2.06 bits per heavy atom. The van der Waals surface area contributed by atoms with Gasteiger partial charge in [0.2, 0.25) is 4.80 Å². The first kappa shape index (κ1) is 23.3. The Morgan fingerprint density at radius 3 is 2.79 bits per heavy atom. The number of methoxy groups -OCH3 is 2. The Labute approximate surface area is 201 Å². The molecule has 3 aromatic rings. The van der Waals surface area contributed by atoms with Gasteiger partial charge in [-0.05, 0) is 42.8 Å². The number of ether oxygens (including phenoxy) is 3. The summed E-state index contributed by atoms with van der Waals surface area (Å²) in [5.74, 6) is 1.76. The molecule has 2 heterocycles. The van der Waals surface area contributed by atoms with E-state index < -0.39 is 0 Å². The summed E-state index contributed by atoms with van der Waals surface area (Å²) < 4.78 is 18.2. The molecule has 1 aliphatic rings. The van der Waals surface area contributed by atoms with Crippen molar-refractivity contribution in [3.05, 3.63) is 64.8 Å². The van der Waals surface area contributed by atoms with Crippen LogP contribution in [-0.2, 0) is 4.79 Å². The van der Waals surface area contributed by atoms with Gasteiger partial charge < -0.3 is 19.5 Å². The number of amides is 1. The average molecular weight is 479 g/mol. The van der Waals surface area contributed by atoms with Gasteiger partial charge in [0.15, 0.2) is 18.1 Å². The number of benzene rings is 2. The highest BCUT2D eigenvalue weighted by Crippen LogP contribution is 2.33. The van der Waals surface area contributed by atoms with Crippen LogP contribution in [0.15, 0.2) is 64.5 Å². The van der Waals surface area contributed by atoms with Crippen LogP contribution < -0.4 is 24.3 Å². The second kappa shape index (κ2) is 10.4. The van der Waals surface area contributed by atoms with Crippen molar-refractivity contribution in [1.29, 1.82) is 0 Å². The lowest BCUT2D eigenvalue weighted by atomic mass is 10.1. The van der Waals surface area contributed by atoms with Crippen LogP contribution in [-0.4, -0.2) is 43.7 Å². The number of hydrogen-bond donors (Lipinski definition) is 1. The zero-order valence-electron chi connectivity index (χ0n) is 19.3. The number of anilines is 1. The van der Waals surface area contributed by atoms with Gasteiger partial charge in [-0.15, -0.1) is 17.9 Å². The summed E-state index contributed by atoms with van der Waals surface area (Å²) in [4.78, 5) is 17.2. The van der Waals surface area contributed by atoms with Crippen LogP contribution in [0.4, 0.5) is 5.69 Å². The maximum absolute atomic E-state index is 11.8. The van der Waals surface area contributed by atoms with E-state index in [2.05, 4.69) is 23.8 Å². The molecule has 0 bridgehead atoms. The number of nitrogens with one attached hydrogen (secondary N) is 1. The SMILES string of the molecule is C=CCN=c1scc(-c2ccc3c(c2)NC(=O)CO3)n1N=C(CC)c1ccc(OC)c(OC)c1. The fraction of sp³-hybridized carbons (Fsp3) is 0.240. The standard InChI is InChI=1S/C25H26N4O4S/c1-5-11-26-25-29(28-18(6-2)16-7-10-22(31-3)23(13-16)32-4)20(15-34-25)17-8-9-21-19(12-17)27-24(30)14-33-21/h5,7-10,12-13,15H,1,6,11,14H2,2-4H3,(H,27,30). The highest BCUT2D eigenvalue weighted by molar-refractivity contribution is 7.07. The molecule has 2 aromatic carbocycles. The number of thiazole rings is 1. The van der Waals surface area contributed by atoms with E-state index in [9.17, 15) is 4.79 Å². The summed E-state index contributed by atoms with van der Waals surface area (Å²) in [6.07, 6.45) is 2.43. The van der Waals surface area contributed by atoms with E-state index in [1.165, 1.54) is 11.3 Å². The molecule has 0 saturated heterocycles. The highest BCUT2D eigenvalue weighted by Gasteiger charge is 2.18. The van der Waals surface area contributed by atoms with Gasteiger partial charge in [-0.25, -0.2) is 4.68 Å². The molecule has 1 N–H and O–H groups in total. The van der Waals surface area contributed by atoms with E-state index in [4.69, 9.17) is 19.3 Å². The minimum Gasteiger partial charge on any atom is -0.493 e. The molecule has 1 aliphatic heterocycles. The van der Waals surface area contributed by atoms with E-state index in [1.54, 1.807) is 20.3 Å². The molecule has 9 heteroatoms. The Kier molecular flexibility index (Phi) is 7.12. The van der Waals surface area contributed by atoms with Gasteiger partial charge in [0.1, 0.15) is 5.75 Å². The van der Waals surface area contributed by atoms with Crippen molar-refractivity contribution in [3.63, 3.8) is 0 Å². The summed E-state index contributed by atoms with van der Waals surface area (Å²) in [6, 6.07) is 11.4. The summed E-state index contributed by atoms with van der Waals surface area (Å²) >= 11 is 1.49. The maximum atomic E-state index is 11.8. The first-order valence-electron chi connectivity index (χ1n) is 10.8. The number of hydrogen-bond acceptors (Lipinski definition) is 7. The molecule has 0 aliphatic carbocycles. The number of carbonyl (C=O) groups excluding carboxylic acids is 1. The molecule has 0 spiro atoms. The van der Waals surface area contributed by atoms with Crippen LogP contribution in [0, 0.1) is 0 Å². The van der Waals surface area contributed by atoms with Crippen molar-refractivity contribution < 1.29 is 19.0 Å². The molecular formula is C25H26N4O4S. The molecule has 34 heavy (non-hydrogen) atoms. The third-order valence-corrected chi connectivity index (χ3v) is 6.08. The molecule has 176 valence electrons. The summed E-state index contributed by atoms with van der Waals surface area (Å²) in [5.41, 5.74) is 4.14. The summed E-state index contributed by atoms with van der Waals surface area (Å²) in [7, 11) is 3.22. The molecule has 1 aromatic heterocycles. The molecule has 4 rings (SSSR count). The number of rotatable bonds is 8. The first-order chi connectivity index (χ1) is 16.6. The van der Waals surface area contributed by atoms with Crippen LogP contribution in [0.25, 0.3) is 11.3 Å². The van der Waals surface area contributed by atoms with Gasteiger partial charge in [0.25, 0.3) is 5.91 Å². The molecule has 0 fully saturated rings. The lowest BCUT2D eigenvalue weighted by molar-refractivity contribution is -0.118. The predicted molar refractivity (Wildman–Crippen MR) is 134 cm³/mol. The normalized spacial score (nSPS) is 13.7. The first-order valence-corrected chi connectivity index (χ1v) is 11.6. The second-order valence-electron chi connectivity index (χ2n) is 7.36. The van der Waals surface area contributed by atoms with Gasteiger partial charge in [-0.1, -0.05) is 13.0 Å². The van der Waals surface area contributed by atoms with Gasteiger partial charge in [-0.3, -0.25) is 9.79 Å². The number of aromatic nitrogens is 1. The summed E-state index contributed by atoms with van der Waals surface area (Å²) in [5, 5.41) is 9.86. The third kappa shape index (κ3) is 4.74. The largest absolute Gasteiger partial charge is 0.493 e. The lowest BCUT2D eigenvalue weighted by Crippen LogP contribution is -2.25. The van der Waals surface area contributed by atoms with Crippen LogP contribution in [0.1, 0.15) is 18.9 Å². The Bertz CT molecular complexity index is 1320. The minimum absolute atomic E-state index is 0.0187. The van der Waals surface area contributed by atoms with Crippen molar-refractivity contribution >= 4 is 28.6 Å². The average Bonchev–Trinajstić information content (AvgIpc) is 3.27. The second-order valence-corrected chi connectivity index (χ2v) is 8.20. The summed E-state index contributed by atoms with van der Waals surface area (Å²) in [6.45, 7) is 6.31. The van der Waals surface area contributed by atoms with Crippen molar-refractivity contribution in [3.8, 4) is 28.5 Å². The van der Waals surface area contributed by atoms with Crippen LogP contribution in [0.2, 0.25) is 0 Å². The van der Waals surface area contributed by atoms with Gasteiger partial charge in [0.05, 0.1) is 37.9 Å². The molecule has 0 radical (unpaired) electrons. The van der Waals surface area contributed by atoms with E-state index in [-0.39, 0.29) is 12.5 Å². The molecule has 8 nitrogen and oxygen atoms in total. The lowest BCUT2D eigenvalue weighted by Gasteiger charge is -2.18. The van der Waals surface area contributed by atoms with Crippen LogP contribution >= 0.6 is 11.3 Å². The highest BCUT2D eigenvalue weighted by atomic mass is 32.1. The smallest absolute Gasteiger partial charge is 0.262 e. The van der Waals surface area contributed by atoms with Gasteiger partial charge in [0, 0.05) is 16.5 Å². The topological polar surface area (TPSA) is 86.4 Å². The van der Waals surface area contributed by atoms with Crippen molar-refractivity contribution in [2.75, 3.05) is 32.7 Å². The van der Waals surface area contributed by atoms with Crippen LogP contribution in [0.5, 0.6) is 17.2 Å². The van der Waals surface area contributed by atoms with Gasteiger partial charge >= 0.3 is 0 Å². The van der Waals surface area contributed by atoms with E-state index in [0.717, 1.165) is 27.3 Å². The zero-order valence-corrected chi connectivity index (χ0v) is 20.1. The fourth-order valence-corrected chi connectivity index (χ4v) is 4.40. The van der Waals surface area contributed by atoms with Crippen LogP contribution in [0.3, 0.4) is 0 Å². The van der Waals surface area contributed by atoms with Crippen molar-refractivity contribution in [1.82, 2.24) is 4.68 Å². The zero-order chi connectivity index (χ0) is 24.1. The van der Waals surface area contributed by atoms with Crippen molar-refractivity contribution in [2.24, 2.45) is 10.1 Å². The molecule has 1 amide bonds.